The summed E-state index contributed by atoms with van der Waals surface area (Å²) in [5.74, 6) is 1.01. The van der Waals surface area contributed by atoms with E-state index in [1.165, 1.54) is 7.11 Å². The maximum absolute atomic E-state index is 11.9. The van der Waals surface area contributed by atoms with Crippen molar-refractivity contribution < 1.29 is 28.5 Å². The molecule has 0 atom stereocenters. The van der Waals surface area contributed by atoms with E-state index < -0.39 is 11.9 Å². The van der Waals surface area contributed by atoms with Gasteiger partial charge in [0.15, 0.2) is 6.61 Å². The Kier molecular flexibility index (Phi) is 8.42. The lowest BCUT2D eigenvalue weighted by molar-refractivity contribution is -0.147. The van der Waals surface area contributed by atoms with E-state index in [1.807, 2.05) is 0 Å². The van der Waals surface area contributed by atoms with Gasteiger partial charge in [-0.1, -0.05) is 11.6 Å². The number of halogens is 1. The minimum Gasteiger partial charge on any atom is -0.497 e. The molecule has 0 aromatic heterocycles. The molecule has 1 N–H and O–H groups in total. The van der Waals surface area contributed by atoms with E-state index >= 15 is 0 Å². The van der Waals surface area contributed by atoms with Crippen molar-refractivity contribution >= 4 is 29.2 Å². The number of ether oxygens (including phenoxy) is 4. The molecule has 0 bridgehead atoms. The number of esters is 1. The van der Waals surface area contributed by atoms with Crippen LogP contribution in [0.1, 0.15) is 12.8 Å². The Morgan fingerprint density at radius 2 is 1.71 bits per heavy atom. The monoisotopic (exact) mass is 407 g/mol. The van der Waals surface area contributed by atoms with Gasteiger partial charge in [-0.05, 0) is 48.9 Å². The Morgan fingerprint density at radius 1 is 1.00 bits per heavy atom. The van der Waals surface area contributed by atoms with Crippen LogP contribution in [0.25, 0.3) is 0 Å². The molecule has 2 rings (SSSR count). The van der Waals surface area contributed by atoms with Crippen molar-refractivity contribution in [2.45, 2.75) is 12.8 Å². The van der Waals surface area contributed by atoms with Gasteiger partial charge in [-0.2, -0.15) is 0 Å². The zero-order chi connectivity index (χ0) is 20.4. The van der Waals surface area contributed by atoms with E-state index in [0.29, 0.717) is 35.2 Å². The Hall–Kier alpha value is -2.93. The fourth-order valence-corrected chi connectivity index (χ4v) is 2.50. The molecule has 0 aliphatic heterocycles. The van der Waals surface area contributed by atoms with E-state index in [2.05, 4.69) is 5.32 Å². The van der Waals surface area contributed by atoms with Crippen LogP contribution in [0, 0.1) is 0 Å². The fraction of sp³-hybridized carbons (Fsp3) is 0.300. The van der Waals surface area contributed by atoms with Gasteiger partial charge in [0, 0.05) is 12.1 Å². The highest BCUT2D eigenvalue weighted by Crippen LogP contribution is 2.27. The van der Waals surface area contributed by atoms with Gasteiger partial charge in [0.05, 0.1) is 25.8 Å². The number of anilines is 1. The zero-order valence-corrected chi connectivity index (χ0v) is 16.5. The zero-order valence-electron chi connectivity index (χ0n) is 15.7. The Labute approximate surface area is 168 Å². The van der Waals surface area contributed by atoms with Gasteiger partial charge in [-0.3, -0.25) is 9.59 Å². The van der Waals surface area contributed by atoms with E-state index in [0.717, 1.165) is 5.75 Å². The summed E-state index contributed by atoms with van der Waals surface area (Å²) in [6, 6.07) is 12.0. The number of hydrogen-bond acceptors (Lipinski definition) is 6. The van der Waals surface area contributed by atoms with Crippen LogP contribution in [0.2, 0.25) is 5.02 Å². The Bertz CT molecular complexity index is 794. The van der Waals surface area contributed by atoms with Gasteiger partial charge < -0.3 is 24.3 Å². The first kappa shape index (κ1) is 21.4. The summed E-state index contributed by atoms with van der Waals surface area (Å²) >= 11 is 5.99. The molecule has 0 aliphatic carbocycles. The van der Waals surface area contributed by atoms with Crippen LogP contribution in [0.4, 0.5) is 5.69 Å². The van der Waals surface area contributed by atoms with E-state index in [9.17, 15) is 9.59 Å². The van der Waals surface area contributed by atoms with Crippen molar-refractivity contribution in [1.82, 2.24) is 0 Å². The second-order valence-corrected chi connectivity index (χ2v) is 6.09. The molecule has 2 aromatic rings. The average Bonchev–Trinajstić information content (AvgIpc) is 2.70. The fourth-order valence-electron chi connectivity index (χ4n) is 2.24. The maximum Gasteiger partial charge on any atom is 0.306 e. The van der Waals surface area contributed by atoms with Crippen molar-refractivity contribution in [3.8, 4) is 17.2 Å². The third-order valence-electron chi connectivity index (χ3n) is 3.65. The molecular weight excluding hydrogens is 386 g/mol. The topological polar surface area (TPSA) is 83.1 Å². The number of methoxy groups -OCH3 is 2. The highest BCUT2D eigenvalue weighted by molar-refractivity contribution is 6.32. The van der Waals surface area contributed by atoms with Crippen molar-refractivity contribution in [2.75, 3.05) is 32.8 Å². The molecule has 2 aromatic carbocycles. The molecule has 0 fully saturated rings. The van der Waals surface area contributed by atoms with Crippen molar-refractivity contribution in [1.29, 1.82) is 0 Å². The smallest absolute Gasteiger partial charge is 0.306 e. The summed E-state index contributed by atoms with van der Waals surface area (Å²) in [5, 5.41) is 2.97. The highest BCUT2D eigenvalue weighted by Gasteiger charge is 2.09. The van der Waals surface area contributed by atoms with Crippen molar-refractivity contribution in [2.24, 2.45) is 0 Å². The number of hydrogen-bond donors (Lipinski definition) is 1. The molecule has 1 amide bonds. The summed E-state index contributed by atoms with van der Waals surface area (Å²) in [6.45, 7) is -0.0141. The summed E-state index contributed by atoms with van der Waals surface area (Å²) in [7, 11) is 3.09. The largest absolute Gasteiger partial charge is 0.497 e. The molecule has 0 saturated heterocycles. The van der Waals surface area contributed by atoms with Crippen LogP contribution in [-0.4, -0.2) is 39.3 Å². The SMILES string of the molecule is COc1ccc(OCCCC(=O)OCC(=O)Nc2ccc(OC)c(Cl)c2)cc1. The van der Waals surface area contributed by atoms with Crippen LogP contribution < -0.4 is 19.5 Å². The standard InChI is InChI=1S/C20H22ClNO6/c1-25-15-6-8-16(9-7-15)27-11-3-4-20(24)28-13-19(23)22-14-5-10-18(26-2)17(21)12-14/h5-10,12H,3-4,11,13H2,1-2H3,(H,22,23). The van der Waals surface area contributed by atoms with Crippen LogP contribution in [0.5, 0.6) is 17.2 Å². The highest BCUT2D eigenvalue weighted by atomic mass is 35.5. The first-order valence-electron chi connectivity index (χ1n) is 8.57. The van der Waals surface area contributed by atoms with E-state index in [4.69, 9.17) is 30.5 Å². The van der Waals surface area contributed by atoms with Gasteiger partial charge in [0.25, 0.3) is 5.91 Å². The lowest BCUT2D eigenvalue weighted by Crippen LogP contribution is -2.21. The predicted molar refractivity (Wildman–Crippen MR) is 105 cm³/mol. The van der Waals surface area contributed by atoms with Crippen LogP contribution in [-0.2, 0) is 14.3 Å². The van der Waals surface area contributed by atoms with Crippen molar-refractivity contribution in [3.63, 3.8) is 0 Å². The predicted octanol–water partition coefficient (Wildman–Crippen LogP) is 3.70. The molecule has 0 aliphatic rings. The molecular formula is C20H22ClNO6. The molecule has 0 heterocycles. The molecule has 0 radical (unpaired) electrons. The number of nitrogens with one attached hydrogen (secondary N) is 1. The number of rotatable bonds is 10. The second kappa shape index (κ2) is 11.0. The third kappa shape index (κ3) is 7.00. The molecule has 0 spiro atoms. The van der Waals surface area contributed by atoms with Gasteiger partial charge in [0.2, 0.25) is 0 Å². The minimum absolute atomic E-state index is 0.151. The van der Waals surface area contributed by atoms with E-state index in [-0.39, 0.29) is 13.0 Å². The summed E-state index contributed by atoms with van der Waals surface area (Å²) < 4.78 is 20.6. The summed E-state index contributed by atoms with van der Waals surface area (Å²) in [5.41, 5.74) is 0.486. The first-order valence-corrected chi connectivity index (χ1v) is 8.95. The lowest BCUT2D eigenvalue weighted by Gasteiger charge is -2.09. The average molecular weight is 408 g/mol. The van der Waals surface area contributed by atoms with Gasteiger partial charge in [-0.15, -0.1) is 0 Å². The Morgan fingerprint density at radius 3 is 2.36 bits per heavy atom. The third-order valence-corrected chi connectivity index (χ3v) is 3.95. The normalized spacial score (nSPS) is 10.1. The lowest BCUT2D eigenvalue weighted by atomic mass is 10.3. The Balaban J connectivity index is 1.63. The molecule has 8 heteroatoms. The molecule has 0 unspecified atom stereocenters. The minimum atomic E-state index is -0.471. The van der Waals surface area contributed by atoms with Gasteiger partial charge in [-0.25, -0.2) is 0 Å². The number of benzene rings is 2. The summed E-state index contributed by atoms with van der Waals surface area (Å²) in [6.07, 6.45) is 0.623. The van der Waals surface area contributed by atoms with Crippen LogP contribution in [0.15, 0.2) is 42.5 Å². The van der Waals surface area contributed by atoms with Gasteiger partial charge >= 0.3 is 5.97 Å². The number of carbonyl (C=O) groups excluding carboxylic acids is 2. The molecule has 7 nitrogen and oxygen atoms in total. The molecule has 150 valence electrons. The second-order valence-electron chi connectivity index (χ2n) is 5.69. The molecule has 0 saturated carbocycles. The van der Waals surface area contributed by atoms with Crippen molar-refractivity contribution in [3.05, 3.63) is 47.5 Å². The number of carbonyl (C=O) groups is 2. The summed E-state index contributed by atoms with van der Waals surface area (Å²) in [4.78, 5) is 23.6. The van der Waals surface area contributed by atoms with Crippen LogP contribution >= 0.6 is 11.6 Å². The van der Waals surface area contributed by atoms with Gasteiger partial charge in [0.1, 0.15) is 17.2 Å². The first-order chi connectivity index (χ1) is 13.5. The van der Waals surface area contributed by atoms with E-state index in [1.54, 1.807) is 49.6 Å². The van der Waals surface area contributed by atoms with Crippen LogP contribution in [0.3, 0.4) is 0 Å². The molecule has 28 heavy (non-hydrogen) atoms. The number of amides is 1. The maximum atomic E-state index is 11.9. The quantitative estimate of drug-likeness (QED) is 0.477.